The number of nitrogens with zero attached hydrogens (tertiary/aromatic N) is 1. The van der Waals surface area contributed by atoms with Gasteiger partial charge in [-0.25, -0.2) is 4.98 Å². The van der Waals surface area contributed by atoms with Crippen molar-refractivity contribution in [3.8, 4) is 11.5 Å². The van der Waals surface area contributed by atoms with E-state index in [1.165, 1.54) is 0 Å². The fraction of sp³-hybridized carbons (Fsp3) is 0.286. The first kappa shape index (κ1) is 18.2. The Bertz CT molecular complexity index is 1010. The molecule has 1 amide bonds. The third-order valence-corrected chi connectivity index (χ3v) is 5.23. The van der Waals surface area contributed by atoms with Crippen LogP contribution < -0.4 is 5.32 Å². The summed E-state index contributed by atoms with van der Waals surface area (Å²) in [6, 6.07) is 12.6. The number of hydrogen-bond acceptors (Lipinski definition) is 5. The van der Waals surface area contributed by atoms with Crippen LogP contribution in [0.15, 0.2) is 53.1 Å². The average molecular weight is 380 g/mol. The molecule has 3 aromatic rings. The highest BCUT2D eigenvalue weighted by Crippen LogP contribution is 2.31. The van der Waals surface area contributed by atoms with Gasteiger partial charge >= 0.3 is 5.97 Å². The first-order chi connectivity index (χ1) is 13.6. The van der Waals surface area contributed by atoms with Crippen LogP contribution in [-0.2, 0) is 9.53 Å². The lowest BCUT2D eigenvalue weighted by atomic mass is 9.80. The smallest absolute Gasteiger partial charge is 0.311 e. The maximum Gasteiger partial charge on any atom is 0.311 e. The summed E-state index contributed by atoms with van der Waals surface area (Å²) in [5.41, 5.74) is 0.652. The van der Waals surface area contributed by atoms with Gasteiger partial charge in [-0.2, -0.15) is 0 Å². The lowest BCUT2D eigenvalue weighted by Crippen LogP contribution is -2.46. The number of benzene rings is 1. The number of nitrogens with one attached hydrogen (secondary N) is 1. The van der Waals surface area contributed by atoms with E-state index in [4.69, 9.17) is 9.15 Å². The van der Waals surface area contributed by atoms with Gasteiger partial charge in [-0.05, 0) is 37.1 Å². The van der Waals surface area contributed by atoms with E-state index in [2.05, 4.69) is 10.3 Å². The topological polar surface area (TPSA) is 102 Å². The number of furan rings is 1. The monoisotopic (exact) mass is 380 g/mol. The van der Waals surface area contributed by atoms with E-state index in [9.17, 15) is 14.7 Å². The van der Waals surface area contributed by atoms with Gasteiger partial charge < -0.3 is 19.6 Å². The second-order valence-corrected chi connectivity index (χ2v) is 6.93. The van der Waals surface area contributed by atoms with Crippen LogP contribution in [-0.4, -0.2) is 41.7 Å². The lowest BCUT2D eigenvalue weighted by molar-refractivity contribution is -0.154. The third-order valence-electron chi connectivity index (χ3n) is 5.23. The minimum Gasteiger partial charge on any atom is -0.481 e. The van der Waals surface area contributed by atoms with Crippen molar-refractivity contribution in [3.05, 3.63) is 54.3 Å². The Morgan fingerprint density at radius 2 is 1.93 bits per heavy atom. The summed E-state index contributed by atoms with van der Waals surface area (Å²) in [7, 11) is 0. The predicted octanol–water partition coefficient (Wildman–Crippen LogP) is 3.11. The molecule has 2 aromatic heterocycles. The zero-order valence-corrected chi connectivity index (χ0v) is 15.2. The molecule has 1 aliphatic heterocycles. The molecule has 28 heavy (non-hydrogen) atoms. The van der Waals surface area contributed by atoms with Crippen molar-refractivity contribution in [1.29, 1.82) is 0 Å². The number of pyridine rings is 1. The standard InChI is InChI=1S/C21H20N2O5/c24-19(22-13-21(20(25)26)7-10-27-11-8-21)15-12-17(18-6-3-9-28-18)23-16-5-2-1-4-14(15)16/h1-6,9,12H,7-8,10-11,13H2,(H,22,24)(H,25,26). The number of aliphatic carboxylic acids is 1. The Kier molecular flexibility index (Phi) is 4.83. The minimum absolute atomic E-state index is 0.0528. The number of ether oxygens (including phenoxy) is 1. The van der Waals surface area contributed by atoms with E-state index >= 15 is 0 Å². The summed E-state index contributed by atoms with van der Waals surface area (Å²) < 4.78 is 10.7. The number of carboxylic acid groups (broad SMARTS) is 1. The molecule has 0 bridgehead atoms. The summed E-state index contributed by atoms with van der Waals surface area (Å²) in [5.74, 6) is -0.684. The Morgan fingerprint density at radius 3 is 2.64 bits per heavy atom. The van der Waals surface area contributed by atoms with E-state index in [1.54, 1.807) is 24.5 Å². The number of carboxylic acids is 1. The van der Waals surface area contributed by atoms with Gasteiger partial charge in [0.1, 0.15) is 5.69 Å². The second-order valence-electron chi connectivity index (χ2n) is 6.93. The molecule has 1 fully saturated rings. The maximum atomic E-state index is 13.0. The van der Waals surface area contributed by atoms with Crippen LogP contribution in [0, 0.1) is 5.41 Å². The molecule has 0 spiro atoms. The van der Waals surface area contributed by atoms with E-state index < -0.39 is 11.4 Å². The highest BCUT2D eigenvalue weighted by Gasteiger charge is 2.40. The molecule has 144 valence electrons. The van der Waals surface area contributed by atoms with Crippen molar-refractivity contribution in [3.63, 3.8) is 0 Å². The maximum absolute atomic E-state index is 13.0. The van der Waals surface area contributed by atoms with Crippen molar-refractivity contribution < 1.29 is 23.8 Å². The largest absolute Gasteiger partial charge is 0.481 e. The first-order valence-electron chi connectivity index (χ1n) is 9.12. The molecule has 0 radical (unpaired) electrons. The van der Waals surface area contributed by atoms with Crippen molar-refractivity contribution in [1.82, 2.24) is 10.3 Å². The molecular weight excluding hydrogens is 360 g/mol. The SMILES string of the molecule is O=C(NCC1(C(=O)O)CCOCC1)c1cc(-c2ccco2)nc2ccccc12. The van der Waals surface area contributed by atoms with Crippen LogP contribution in [0.3, 0.4) is 0 Å². The summed E-state index contributed by atoms with van der Waals surface area (Å²) in [4.78, 5) is 29.4. The van der Waals surface area contributed by atoms with E-state index in [0.717, 1.165) is 0 Å². The molecule has 1 aromatic carbocycles. The van der Waals surface area contributed by atoms with E-state index in [0.29, 0.717) is 54.0 Å². The number of carbonyl (C=O) groups excluding carboxylic acids is 1. The van der Waals surface area contributed by atoms with Crippen LogP contribution in [0.2, 0.25) is 0 Å². The van der Waals surface area contributed by atoms with Crippen LogP contribution in [0.4, 0.5) is 0 Å². The molecule has 4 rings (SSSR count). The van der Waals surface area contributed by atoms with E-state index in [1.807, 2.05) is 24.3 Å². The van der Waals surface area contributed by atoms with Crippen molar-refractivity contribution in [2.45, 2.75) is 12.8 Å². The normalized spacial score (nSPS) is 16.0. The van der Waals surface area contributed by atoms with Crippen LogP contribution >= 0.6 is 0 Å². The highest BCUT2D eigenvalue weighted by atomic mass is 16.5. The molecule has 1 aliphatic rings. The number of rotatable bonds is 5. The Labute approximate surface area is 161 Å². The number of carbonyl (C=O) groups is 2. The summed E-state index contributed by atoms with van der Waals surface area (Å²) in [6.45, 7) is 0.809. The Morgan fingerprint density at radius 1 is 1.14 bits per heavy atom. The zero-order valence-electron chi connectivity index (χ0n) is 15.2. The van der Waals surface area contributed by atoms with Crippen LogP contribution in [0.5, 0.6) is 0 Å². The molecule has 2 N–H and O–H groups in total. The average Bonchev–Trinajstić information content (AvgIpc) is 3.27. The number of para-hydroxylation sites is 1. The van der Waals surface area contributed by atoms with Crippen LogP contribution in [0.25, 0.3) is 22.4 Å². The first-order valence-corrected chi connectivity index (χ1v) is 9.12. The number of hydrogen-bond donors (Lipinski definition) is 2. The molecular formula is C21H20N2O5. The molecule has 7 heteroatoms. The highest BCUT2D eigenvalue weighted by molar-refractivity contribution is 6.07. The third kappa shape index (κ3) is 3.36. The number of fused-ring (bicyclic) bond motifs is 1. The van der Waals surface area contributed by atoms with Crippen LogP contribution in [0.1, 0.15) is 23.2 Å². The van der Waals surface area contributed by atoms with Gasteiger partial charge in [0, 0.05) is 25.1 Å². The Hall–Kier alpha value is -3.19. The molecule has 1 saturated heterocycles. The number of aromatic nitrogens is 1. The van der Waals surface area contributed by atoms with Crippen molar-refractivity contribution >= 4 is 22.8 Å². The molecule has 3 heterocycles. The predicted molar refractivity (Wildman–Crippen MR) is 102 cm³/mol. The molecule has 7 nitrogen and oxygen atoms in total. The summed E-state index contributed by atoms with van der Waals surface area (Å²) in [5, 5.41) is 13.2. The summed E-state index contributed by atoms with van der Waals surface area (Å²) in [6.07, 6.45) is 2.29. The van der Waals surface area contributed by atoms with Gasteiger partial charge in [0.15, 0.2) is 5.76 Å². The van der Waals surface area contributed by atoms with E-state index in [-0.39, 0.29) is 12.5 Å². The van der Waals surface area contributed by atoms with Crippen molar-refractivity contribution in [2.75, 3.05) is 19.8 Å². The zero-order chi connectivity index (χ0) is 19.6. The van der Waals surface area contributed by atoms with Gasteiger partial charge in [-0.1, -0.05) is 18.2 Å². The summed E-state index contributed by atoms with van der Waals surface area (Å²) >= 11 is 0. The molecule has 0 saturated carbocycles. The van der Waals surface area contributed by atoms with Crippen molar-refractivity contribution in [2.24, 2.45) is 5.41 Å². The second kappa shape index (κ2) is 7.44. The Balaban J connectivity index is 1.66. The lowest BCUT2D eigenvalue weighted by Gasteiger charge is -2.33. The van der Waals surface area contributed by atoms with Gasteiger partial charge in [-0.15, -0.1) is 0 Å². The fourth-order valence-electron chi connectivity index (χ4n) is 3.49. The molecule has 0 unspecified atom stereocenters. The van der Waals surface area contributed by atoms with Gasteiger partial charge in [0.05, 0.1) is 22.8 Å². The quantitative estimate of drug-likeness (QED) is 0.705. The van der Waals surface area contributed by atoms with Gasteiger partial charge in [0.25, 0.3) is 5.91 Å². The molecule has 0 aliphatic carbocycles. The van der Waals surface area contributed by atoms with Gasteiger partial charge in [-0.3, -0.25) is 9.59 Å². The minimum atomic E-state index is -0.999. The fourth-order valence-corrected chi connectivity index (χ4v) is 3.49. The number of amides is 1. The molecule has 0 atom stereocenters. The van der Waals surface area contributed by atoms with Gasteiger partial charge in [0.2, 0.25) is 0 Å².